The lowest BCUT2D eigenvalue weighted by Crippen LogP contribution is -2.46. The molecule has 1 aromatic rings. The van der Waals surface area contributed by atoms with E-state index in [0.29, 0.717) is 0 Å². The number of aromatic nitrogens is 2. The highest BCUT2D eigenvalue weighted by Gasteiger charge is 2.33. The monoisotopic (exact) mass is 193 g/mol. The average molecular weight is 193 g/mol. The predicted molar refractivity (Wildman–Crippen MR) is 57.2 cm³/mol. The minimum absolute atomic E-state index is 0.133. The SMILES string of the molecule is CCCC1(C)NCCc2ncn(C)c21. The fraction of sp³-hybridized carbons (Fsp3) is 0.727. The van der Waals surface area contributed by atoms with Crippen molar-refractivity contribution in [1.82, 2.24) is 14.9 Å². The third kappa shape index (κ3) is 1.36. The quantitative estimate of drug-likeness (QED) is 0.773. The number of aryl methyl sites for hydroxylation is 1. The summed E-state index contributed by atoms with van der Waals surface area (Å²) < 4.78 is 2.16. The molecular formula is C11H19N3. The lowest BCUT2D eigenvalue weighted by atomic mass is 9.87. The lowest BCUT2D eigenvalue weighted by molar-refractivity contribution is 0.302. The van der Waals surface area contributed by atoms with Crippen LogP contribution in [0.15, 0.2) is 6.33 Å². The Bertz CT molecular complexity index is 329. The minimum atomic E-state index is 0.133. The molecule has 14 heavy (non-hydrogen) atoms. The van der Waals surface area contributed by atoms with Crippen LogP contribution >= 0.6 is 0 Å². The number of nitrogens with one attached hydrogen (secondary N) is 1. The molecule has 1 aromatic heterocycles. The summed E-state index contributed by atoms with van der Waals surface area (Å²) in [4.78, 5) is 4.46. The molecule has 0 spiro atoms. The summed E-state index contributed by atoms with van der Waals surface area (Å²) in [6, 6.07) is 0. The molecular weight excluding hydrogens is 174 g/mol. The van der Waals surface area contributed by atoms with Crippen LogP contribution in [0.3, 0.4) is 0 Å². The summed E-state index contributed by atoms with van der Waals surface area (Å²) in [5, 5.41) is 3.62. The van der Waals surface area contributed by atoms with Gasteiger partial charge >= 0.3 is 0 Å². The summed E-state index contributed by atoms with van der Waals surface area (Å²) in [6.07, 6.45) is 5.38. The van der Waals surface area contributed by atoms with Crippen LogP contribution in [-0.4, -0.2) is 16.1 Å². The molecule has 0 bridgehead atoms. The Kier molecular flexibility index (Phi) is 2.35. The Morgan fingerprint density at radius 2 is 2.43 bits per heavy atom. The van der Waals surface area contributed by atoms with Crippen LogP contribution in [0.1, 0.15) is 38.1 Å². The number of rotatable bonds is 2. The van der Waals surface area contributed by atoms with E-state index in [1.807, 2.05) is 6.33 Å². The van der Waals surface area contributed by atoms with Gasteiger partial charge in [-0.2, -0.15) is 0 Å². The first-order valence-electron chi connectivity index (χ1n) is 5.43. The van der Waals surface area contributed by atoms with Gasteiger partial charge in [-0.25, -0.2) is 4.98 Å². The second-order valence-corrected chi connectivity index (χ2v) is 4.41. The zero-order chi connectivity index (χ0) is 10.2. The first-order valence-corrected chi connectivity index (χ1v) is 5.43. The molecule has 2 heterocycles. The van der Waals surface area contributed by atoms with E-state index >= 15 is 0 Å². The Labute approximate surface area is 85.5 Å². The number of hydrogen-bond donors (Lipinski definition) is 1. The Hall–Kier alpha value is -0.830. The molecule has 0 amide bonds. The highest BCUT2D eigenvalue weighted by atomic mass is 15.1. The zero-order valence-corrected chi connectivity index (χ0v) is 9.30. The number of nitrogens with zero attached hydrogens (tertiary/aromatic N) is 2. The Morgan fingerprint density at radius 3 is 3.14 bits per heavy atom. The topological polar surface area (TPSA) is 29.9 Å². The largest absolute Gasteiger partial charge is 0.336 e. The van der Waals surface area contributed by atoms with Crippen LogP contribution < -0.4 is 5.32 Å². The third-order valence-electron chi connectivity index (χ3n) is 3.16. The van der Waals surface area contributed by atoms with Gasteiger partial charge in [-0.05, 0) is 13.3 Å². The van der Waals surface area contributed by atoms with Crippen LogP contribution in [0, 0.1) is 0 Å². The van der Waals surface area contributed by atoms with Gasteiger partial charge in [-0.1, -0.05) is 13.3 Å². The second-order valence-electron chi connectivity index (χ2n) is 4.41. The van der Waals surface area contributed by atoms with Gasteiger partial charge in [-0.3, -0.25) is 0 Å². The van der Waals surface area contributed by atoms with Gasteiger partial charge in [0.2, 0.25) is 0 Å². The van der Waals surface area contributed by atoms with Gasteiger partial charge in [0.05, 0.1) is 23.3 Å². The summed E-state index contributed by atoms with van der Waals surface area (Å²) in [5.41, 5.74) is 2.79. The van der Waals surface area contributed by atoms with E-state index in [4.69, 9.17) is 0 Å². The second kappa shape index (κ2) is 3.39. The summed E-state index contributed by atoms with van der Waals surface area (Å²) in [7, 11) is 2.09. The first kappa shape index (κ1) is 9.71. The molecule has 1 aliphatic heterocycles. The van der Waals surface area contributed by atoms with Crippen LogP contribution in [0.4, 0.5) is 0 Å². The highest BCUT2D eigenvalue weighted by Crippen LogP contribution is 2.31. The molecule has 0 saturated carbocycles. The van der Waals surface area contributed by atoms with Crippen molar-refractivity contribution in [3.63, 3.8) is 0 Å². The van der Waals surface area contributed by atoms with Crippen LogP contribution in [0.25, 0.3) is 0 Å². The van der Waals surface area contributed by atoms with Crippen molar-refractivity contribution in [3.05, 3.63) is 17.7 Å². The first-order chi connectivity index (χ1) is 6.67. The van der Waals surface area contributed by atoms with E-state index in [2.05, 4.69) is 35.8 Å². The van der Waals surface area contributed by atoms with E-state index in [1.54, 1.807) is 0 Å². The third-order valence-corrected chi connectivity index (χ3v) is 3.16. The molecule has 0 fully saturated rings. The van der Waals surface area contributed by atoms with Crippen LogP contribution in [-0.2, 0) is 19.0 Å². The molecule has 3 heteroatoms. The van der Waals surface area contributed by atoms with Crippen molar-refractivity contribution in [3.8, 4) is 0 Å². The summed E-state index contributed by atoms with van der Waals surface area (Å²) in [5.74, 6) is 0. The van der Waals surface area contributed by atoms with Gasteiger partial charge in [0.15, 0.2) is 0 Å². The van der Waals surface area contributed by atoms with Gasteiger partial charge in [0, 0.05) is 20.0 Å². The van der Waals surface area contributed by atoms with Crippen molar-refractivity contribution in [2.24, 2.45) is 7.05 Å². The lowest BCUT2D eigenvalue weighted by Gasteiger charge is -2.35. The smallest absolute Gasteiger partial charge is 0.0949 e. The molecule has 0 aromatic carbocycles. The fourth-order valence-corrected chi connectivity index (χ4v) is 2.62. The Morgan fingerprint density at radius 1 is 1.64 bits per heavy atom. The van der Waals surface area contributed by atoms with E-state index in [1.165, 1.54) is 24.2 Å². The van der Waals surface area contributed by atoms with Gasteiger partial charge in [0.25, 0.3) is 0 Å². The predicted octanol–water partition coefficient (Wildman–Crippen LogP) is 1.58. The number of imidazole rings is 1. The number of fused-ring (bicyclic) bond motifs is 1. The highest BCUT2D eigenvalue weighted by molar-refractivity contribution is 5.25. The van der Waals surface area contributed by atoms with Gasteiger partial charge in [0.1, 0.15) is 0 Å². The van der Waals surface area contributed by atoms with Crippen molar-refractivity contribution >= 4 is 0 Å². The zero-order valence-electron chi connectivity index (χ0n) is 9.30. The van der Waals surface area contributed by atoms with Gasteiger partial charge < -0.3 is 9.88 Å². The standard InChI is InChI=1S/C11H19N3/c1-4-6-11(2)10-9(5-7-13-11)12-8-14(10)3/h8,13H,4-7H2,1-3H3. The van der Waals surface area contributed by atoms with Crippen molar-refractivity contribution < 1.29 is 0 Å². The Balaban J connectivity index is 2.42. The van der Waals surface area contributed by atoms with Crippen molar-refractivity contribution in [2.45, 2.75) is 38.6 Å². The average Bonchev–Trinajstić information content (AvgIpc) is 2.49. The van der Waals surface area contributed by atoms with E-state index in [9.17, 15) is 0 Å². The normalized spacial score (nSPS) is 26.2. The summed E-state index contributed by atoms with van der Waals surface area (Å²) >= 11 is 0. The van der Waals surface area contributed by atoms with Crippen molar-refractivity contribution in [2.75, 3.05) is 6.54 Å². The molecule has 1 atom stereocenters. The molecule has 0 radical (unpaired) electrons. The van der Waals surface area contributed by atoms with Crippen LogP contribution in [0.5, 0.6) is 0 Å². The molecule has 1 N–H and O–H groups in total. The maximum Gasteiger partial charge on any atom is 0.0949 e. The maximum absolute atomic E-state index is 4.46. The van der Waals surface area contributed by atoms with Gasteiger partial charge in [-0.15, -0.1) is 0 Å². The van der Waals surface area contributed by atoms with Crippen LogP contribution in [0.2, 0.25) is 0 Å². The molecule has 78 valence electrons. The van der Waals surface area contributed by atoms with E-state index in [-0.39, 0.29) is 5.54 Å². The molecule has 1 aliphatic rings. The number of hydrogen-bond acceptors (Lipinski definition) is 2. The molecule has 0 aliphatic carbocycles. The molecule has 1 unspecified atom stereocenters. The minimum Gasteiger partial charge on any atom is -0.336 e. The van der Waals surface area contributed by atoms with E-state index < -0.39 is 0 Å². The maximum atomic E-state index is 4.46. The molecule has 3 nitrogen and oxygen atoms in total. The summed E-state index contributed by atoms with van der Waals surface area (Å²) in [6.45, 7) is 5.58. The molecule has 2 rings (SSSR count). The molecule has 0 saturated heterocycles. The van der Waals surface area contributed by atoms with E-state index in [0.717, 1.165) is 13.0 Å². The fourth-order valence-electron chi connectivity index (χ4n) is 2.62. The van der Waals surface area contributed by atoms with Crippen molar-refractivity contribution in [1.29, 1.82) is 0 Å².